The molecule has 0 unspecified atom stereocenters. The van der Waals surface area contributed by atoms with Gasteiger partial charge < -0.3 is 24.1 Å². The van der Waals surface area contributed by atoms with Crippen molar-refractivity contribution >= 4 is 20.1 Å². The molecule has 1 N–H and O–H groups in total. The second-order valence-corrected chi connectivity index (χ2v) is 15.1. The Bertz CT molecular complexity index is 714. The molecule has 1 heterocycles. The van der Waals surface area contributed by atoms with Crippen LogP contribution in [0, 0.1) is 0 Å². The molecule has 0 aliphatic heterocycles. The van der Waals surface area contributed by atoms with Gasteiger partial charge in [0.1, 0.15) is 12.3 Å². The normalized spacial score (nSPS) is 15.8. The Hall–Kier alpha value is -1.87. The largest absolute Gasteiger partial charge is 0.463 e. The molecule has 158 valence electrons. The molecule has 1 aliphatic carbocycles. The first-order valence-electron chi connectivity index (χ1n) is 9.60. The van der Waals surface area contributed by atoms with Gasteiger partial charge in [-0.15, -0.1) is 0 Å². The lowest BCUT2D eigenvalue weighted by molar-refractivity contribution is 0.0492. The van der Waals surface area contributed by atoms with Crippen molar-refractivity contribution in [3.05, 3.63) is 17.7 Å². The molecule has 1 aliphatic rings. The van der Waals surface area contributed by atoms with Crippen molar-refractivity contribution in [2.24, 2.45) is 0 Å². The number of methoxy groups -OCH3 is 1. The highest BCUT2D eigenvalue weighted by molar-refractivity contribution is 6.76. The van der Waals surface area contributed by atoms with Crippen LogP contribution >= 0.6 is 0 Å². The maximum Gasteiger partial charge on any atom is 0.408 e. The van der Waals surface area contributed by atoms with Crippen LogP contribution in [0.4, 0.5) is 4.79 Å². The summed E-state index contributed by atoms with van der Waals surface area (Å²) in [6, 6.07) is 1.03. The van der Waals surface area contributed by atoms with Crippen molar-refractivity contribution in [3.8, 4) is 0 Å². The van der Waals surface area contributed by atoms with Gasteiger partial charge >= 0.3 is 12.1 Å². The quantitative estimate of drug-likeness (QED) is 0.400. The van der Waals surface area contributed by atoms with Crippen LogP contribution < -0.4 is 5.32 Å². The van der Waals surface area contributed by atoms with E-state index in [9.17, 15) is 9.59 Å². The lowest BCUT2D eigenvalue weighted by Gasteiger charge is -2.22. The van der Waals surface area contributed by atoms with E-state index in [0.29, 0.717) is 12.3 Å². The predicted molar refractivity (Wildman–Crippen MR) is 108 cm³/mol. The minimum atomic E-state index is -1.19. The van der Waals surface area contributed by atoms with Crippen molar-refractivity contribution in [2.45, 2.75) is 77.2 Å². The molecule has 0 spiro atoms. The SMILES string of the molecule is COC(=O)c1nc(C2(NC(=O)OC(C)(C)C)CC2)cn1COCC[Si](C)(C)C. The Labute approximate surface area is 167 Å². The van der Waals surface area contributed by atoms with Crippen LogP contribution in [-0.2, 0) is 26.5 Å². The summed E-state index contributed by atoms with van der Waals surface area (Å²) in [5.74, 6) is -0.365. The molecule has 9 heteroatoms. The van der Waals surface area contributed by atoms with Crippen LogP contribution in [0.3, 0.4) is 0 Å². The van der Waals surface area contributed by atoms with E-state index in [4.69, 9.17) is 14.2 Å². The highest BCUT2D eigenvalue weighted by Gasteiger charge is 2.49. The number of ether oxygens (including phenoxy) is 3. The third kappa shape index (κ3) is 6.34. The van der Waals surface area contributed by atoms with E-state index in [1.165, 1.54) is 7.11 Å². The van der Waals surface area contributed by atoms with Crippen LogP contribution in [-0.4, -0.2) is 49.0 Å². The molecule has 0 radical (unpaired) electrons. The number of imidazole rings is 1. The monoisotopic (exact) mass is 411 g/mol. The summed E-state index contributed by atoms with van der Waals surface area (Å²) in [4.78, 5) is 28.8. The number of alkyl carbamates (subject to hydrolysis) is 1. The summed E-state index contributed by atoms with van der Waals surface area (Å²) in [5, 5.41) is 2.90. The average Bonchev–Trinajstić information content (AvgIpc) is 3.18. The van der Waals surface area contributed by atoms with E-state index >= 15 is 0 Å². The maximum absolute atomic E-state index is 12.2. The number of esters is 1. The van der Waals surface area contributed by atoms with Crippen molar-refractivity contribution in [2.75, 3.05) is 13.7 Å². The maximum atomic E-state index is 12.2. The third-order valence-electron chi connectivity index (χ3n) is 4.35. The van der Waals surface area contributed by atoms with E-state index in [1.54, 1.807) is 10.8 Å². The number of rotatable bonds is 8. The Morgan fingerprint density at radius 1 is 1.29 bits per heavy atom. The smallest absolute Gasteiger partial charge is 0.408 e. The van der Waals surface area contributed by atoms with Crippen molar-refractivity contribution in [1.29, 1.82) is 0 Å². The number of hydrogen-bond acceptors (Lipinski definition) is 6. The number of amides is 1. The van der Waals surface area contributed by atoms with E-state index in [0.717, 1.165) is 18.9 Å². The van der Waals surface area contributed by atoms with Gasteiger partial charge in [0.15, 0.2) is 0 Å². The van der Waals surface area contributed by atoms with Crippen LogP contribution in [0.1, 0.15) is 49.9 Å². The number of hydrogen-bond donors (Lipinski definition) is 1. The summed E-state index contributed by atoms with van der Waals surface area (Å²) in [6.45, 7) is 13.1. The minimum absolute atomic E-state index is 0.169. The fraction of sp³-hybridized carbons (Fsp3) is 0.737. The average molecular weight is 412 g/mol. The van der Waals surface area contributed by atoms with E-state index in [2.05, 4.69) is 29.9 Å². The van der Waals surface area contributed by atoms with Gasteiger partial charge in [0.05, 0.1) is 18.3 Å². The molecule has 1 saturated carbocycles. The summed E-state index contributed by atoms with van der Waals surface area (Å²) >= 11 is 0. The van der Waals surface area contributed by atoms with E-state index in [-0.39, 0.29) is 12.6 Å². The van der Waals surface area contributed by atoms with Gasteiger partial charge in [0.25, 0.3) is 0 Å². The number of aromatic nitrogens is 2. The Morgan fingerprint density at radius 3 is 2.43 bits per heavy atom. The minimum Gasteiger partial charge on any atom is -0.463 e. The Morgan fingerprint density at radius 2 is 1.93 bits per heavy atom. The molecule has 1 aromatic heterocycles. The molecule has 1 amide bonds. The molecule has 0 bridgehead atoms. The first-order valence-corrected chi connectivity index (χ1v) is 13.3. The fourth-order valence-corrected chi connectivity index (χ4v) is 3.37. The third-order valence-corrected chi connectivity index (χ3v) is 6.06. The molecule has 0 atom stereocenters. The van der Waals surface area contributed by atoms with Gasteiger partial charge in [-0.3, -0.25) is 0 Å². The van der Waals surface area contributed by atoms with Gasteiger partial charge in [-0.2, -0.15) is 0 Å². The van der Waals surface area contributed by atoms with Gasteiger partial charge in [0.2, 0.25) is 5.82 Å². The van der Waals surface area contributed by atoms with Crippen molar-refractivity contribution < 1.29 is 23.8 Å². The van der Waals surface area contributed by atoms with Crippen LogP contribution in [0.25, 0.3) is 0 Å². The summed E-state index contributed by atoms with van der Waals surface area (Å²) in [6.07, 6.45) is 2.73. The Kier molecular flexibility index (Phi) is 6.60. The number of nitrogens with one attached hydrogen (secondary N) is 1. The first-order chi connectivity index (χ1) is 12.9. The van der Waals surface area contributed by atoms with E-state index < -0.39 is 31.3 Å². The lowest BCUT2D eigenvalue weighted by Crippen LogP contribution is -2.39. The fourth-order valence-electron chi connectivity index (χ4n) is 2.61. The second-order valence-electron chi connectivity index (χ2n) is 9.47. The first kappa shape index (κ1) is 22.4. The molecule has 0 saturated heterocycles. The summed E-state index contributed by atoms with van der Waals surface area (Å²) in [7, 11) is 0.125. The standard InChI is InChI=1S/C19H33N3O5Si/c1-18(2,3)27-17(24)21-19(8-9-19)14-12-22(15(20-14)16(23)25-4)13-26-10-11-28(5,6)7/h12H,8-11,13H2,1-7H3,(H,21,24). The predicted octanol–water partition coefficient (Wildman–Crippen LogP) is 3.50. The second kappa shape index (κ2) is 8.24. The Balaban J connectivity index is 2.11. The number of carbonyl (C=O) groups is 2. The van der Waals surface area contributed by atoms with Gasteiger partial charge in [0, 0.05) is 20.9 Å². The number of nitrogens with zero attached hydrogens (tertiary/aromatic N) is 2. The van der Waals surface area contributed by atoms with Crippen molar-refractivity contribution in [3.63, 3.8) is 0 Å². The van der Waals surface area contributed by atoms with Gasteiger partial charge in [-0.05, 0) is 39.7 Å². The topological polar surface area (TPSA) is 91.7 Å². The molecule has 8 nitrogen and oxygen atoms in total. The molecule has 2 rings (SSSR count). The molecule has 0 aromatic carbocycles. The zero-order chi connectivity index (χ0) is 21.2. The van der Waals surface area contributed by atoms with Crippen molar-refractivity contribution in [1.82, 2.24) is 14.9 Å². The summed E-state index contributed by atoms with van der Waals surface area (Å²) in [5.41, 5.74) is -0.567. The number of carbonyl (C=O) groups excluding carboxylic acids is 2. The molecule has 1 fully saturated rings. The highest BCUT2D eigenvalue weighted by atomic mass is 28.3. The molecular weight excluding hydrogens is 378 g/mol. The van der Waals surface area contributed by atoms with Gasteiger partial charge in [-0.25, -0.2) is 14.6 Å². The van der Waals surface area contributed by atoms with Crippen LogP contribution in [0.2, 0.25) is 25.7 Å². The van der Waals surface area contributed by atoms with Gasteiger partial charge in [-0.1, -0.05) is 19.6 Å². The lowest BCUT2D eigenvalue weighted by atomic mass is 10.2. The van der Waals surface area contributed by atoms with Crippen LogP contribution in [0.5, 0.6) is 0 Å². The van der Waals surface area contributed by atoms with Crippen LogP contribution in [0.15, 0.2) is 6.20 Å². The molecule has 28 heavy (non-hydrogen) atoms. The van der Waals surface area contributed by atoms with E-state index in [1.807, 2.05) is 20.8 Å². The summed E-state index contributed by atoms with van der Waals surface area (Å²) < 4.78 is 17.6. The highest BCUT2D eigenvalue weighted by Crippen LogP contribution is 2.45. The molecular formula is C19H33N3O5Si. The zero-order valence-electron chi connectivity index (χ0n) is 18.0. The molecule has 1 aromatic rings. The zero-order valence-corrected chi connectivity index (χ0v) is 19.0.